The van der Waals surface area contributed by atoms with E-state index in [4.69, 9.17) is 5.14 Å². The number of aryl methyl sites for hydroxylation is 2. The van der Waals surface area contributed by atoms with Crippen molar-refractivity contribution >= 4 is 43.3 Å². The topological polar surface area (TPSA) is 85.9 Å². The fourth-order valence-electron chi connectivity index (χ4n) is 2.26. The lowest BCUT2D eigenvalue weighted by molar-refractivity contribution is 0.599. The predicted octanol–water partition coefficient (Wildman–Crippen LogP) is 1.56. The number of fused-ring (bicyclic) bond motifs is 3. The lowest BCUT2D eigenvalue weighted by Crippen LogP contribution is -2.17. The third-order valence-corrected chi connectivity index (χ3v) is 6.30. The molecule has 0 radical (unpaired) electrons. The fraction of sp³-hybridized carbons (Fsp3) is 0.455. The minimum atomic E-state index is -3.41. The smallest absolute Gasteiger partial charge is 0.209 e. The second-order valence-corrected chi connectivity index (χ2v) is 8.33. The van der Waals surface area contributed by atoms with Gasteiger partial charge in [-0.25, -0.2) is 23.5 Å². The summed E-state index contributed by atoms with van der Waals surface area (Å²) in [4.78, 5) is 11.0. The van der Waals surface area contributed by atoms with Gasteiger partial charge in [0.25, 0.3) is 0 Å². The number of primary sulfonamides is 1. The molecule has 0 aliphatic heterocycles. The van der Waals surface area contributed by atoms with Gasteiger partial charge in [-0.3, -0.25) is 0 Å². The molecular formula is C11H13N3O2S3. The number of nitrogens with zero attached hydrogens (tertiary/aromatic N) is 2. The number of thioether (sulfide) groups is 1. The molecule has 3 rings (SSSR count). The normalized spacial score (nSPS) is 15.0. The number of sulfonamides is 1. The Morgan fingerprint density at radius 3 is 3.00 bits per heavy atom. The Labute approximate surface area is 119 Å². The first-order valence-corrected chi connectivity index (χ1v) is 9.45. The van der Waals surface area contributed by atoms with Gasteiger partial charge < -0.3 is 0 Å². The van der Waals surface area contributed by atoms with Crippen LogP contribution in [0.1, 0.15) is 16.9 Å². The molecule has 0 unspecified atom stereocenters. The first-order valence-electron chi connectivity index (χ1n) is 5.93. The van der Waals surface area contributed by atoms with E-state index in [9.17, 15) is 8.42 Å². The molecule has 2 heterocycles. The number of hydrogen-bond donors (Lipinski definition) is 1. The van der Waals surface area contributed by atoms with E-state index in [0.29, 0.717) is 5.75 Å². The van der Waals surface area contributed by atoms with Crippen molar-refractivity contribution in [1.29, 1.82) is 0 Å². The first kappa shape index (κ1) is 13.3. The van der Waals surface area contributed by atoms with Crippen molar-refractivity contribution in [2.75, 3.05) is 11.5 Å². The molecule has 2 aromatic rings. The van der Waals surface area contributed by atoms with Crippen molar-refractivity contribution in [3.8, 4) is 0 Å². The number of aromatic nitrogens is 2. The maximum atomic E-state index is 11.0. The van der Waals surface area contributed by atoms with Crippen molar-refractivity contribution in [2.24, 2.45) is 5.14 Å². The van der Waals surface area contributed by atoms with Gasteiger partial charge in [-0.2, -0.15) is 0 Å². The summed E-state index contributed by atoms with van der Waals surface area (Å²) in [5.41, 5.74) is 1.36. The van der Waals surface area contributed by atoms with Crippen LogP contribution in [0, 0.1) is 0 Å². The van der Waals surface area contributed by atoms with E-state index in [1.807, 2.05) is 0 Å². The molecule has 0 saturated heterocycles. The minimum absolute atomic E-state index is 0.0323. The highest BCUT2D eigenvalue weighted by Gasteiger charge is 2.21. The summed E-state index contributed by atoms with van der Waals surface area (Å²) in [6, 6.07) is 0. The molecule has 19 heavy (non-hydrogen) atoms. The summed E-state index contributed by atoms with van der Waals surface area (Å²) in [7, 11) is -3.41. The molecule has 102 valence electrons. The molecule has 1 aliphatic carbocycles. The van der Waals surface area contributed by atoms with Gasteiger partial charge in [0.05, 0.1) is 5.75 Å². The predicted molar refractivity (Wildman–Crippen MR) is 78.1 cm³/mol. The zero-order valence-corrected chi connectivity index (χ0v) is 12.6. The molecule has 0 atom stereocenters. The van der Waals surface area contributed by atoms with Gasteiger partial charge in [0, 0.05) is 16.0 Å². The van der Waals surface area contributed by atoms with E-state index in [-0.39, 0.29) is 5.75 Å². The third kappa shape index (κ3) is 2.76. The standard InChI is InChI=1S/C11H13N3O2S3/c12-19(15,16)5-4-17-10-9-7-2-1-3-8(7)18-11(9)14-6-13-10/h6H,1-5H2,(H2,12,15,16). The van der Waals surface area contributed by atoms with E-state index < -0.39 is 10.0 Å². The zero-order valence-electron chi connectivity index (χ0n) is 10.1. The highest BCUT2D eigenvalue weighted by molar-refractivity contribution is 8.00. The van der Waals surface area contributed by atoms with Gasteiger partial charge in [0.2, 0.25) is 10.0 Å². The zero-order chi connectivity index (χ0) is 13.5. The van der Waals surface area contributed by atoms with Crippen LogP contribution < -0.4 is 5.14 Å². The van der Waals surface area contributed by atoms with Crippen LogP contribution in [-0.2, 0) is 22.9 Å². The van der Waals surface area contributed by atoms with Crippen molar-refractivity contribution in [3.05, 3.63) is 16.8 Å². The van der Waals surface area contributed by atoms with Gasteiger partial charge in [-0.15, -0.1) is 23.1 Å². The van der Waals surface area contributed by atoms with Crippen molar-refractivity contribution in [3.63, 3.8) is 0 Å². The maximum absolute atomic E-state index is 11.0. The van der Waals surface area contributed by atoms with E-state index >= 15 is 0 Å². The summed E-state index contributed by atoms with van der Waals surface area (Å²) < 4.78 is 21.9. The van der Waals surface area contributed by atoms with E-state index in [1.54, 1.807) is 17.7 Å². The molecule has 8 heteroatoms. The molecule has 2 N–H and O–H groups in total. The minimum Gasteiger partial charge on any atom is -0.229 e. The monoisotopic (exact) mass is 315 g/mol. The molecule has 0 amide bonds. The summed E-state index contributed by atoms with van der Waals surface area (Å²) >= 11 is 3.18. The summed E-state index contributed by atoms with van der Waals surface area (Å²) in [6.45, 7) is 0. The van der Waals surface area contributed by atoms with E-state index in [1.165, 1.54) is 28.6 Å². The van der Waals surface area contributed by atoms with Crippen LogP contribution in [0.25, 0.3) is 10.2 Å². The number of nitrogens with two attached hydrogens (primary N) is 1. The van der Waals surface area contributed by atoms with E-state index in [0.717, 1.165) is 28.1 Å². The maximum Gasteiger partial charge on any atom is 0.209 e. The second kappa shape index (κ2) is 5.01. The van der Waals surface area contributed by atoms with E-state index in [2.05, 4.69) is 9.97 Å². The summed E-state index contributed by atoms with van der Waals surface area (Å²) in [6.07, 6.45) is 4.93. The van der Waals surface area contributed by atoms with Crippen LogP contribution in [-0.4, -0.2) is 29.9 Å². The lowest BCUT2D eigenvalue weighted by atomic mass is 10.2. The van der Waals surface area contributed by atoms with Crippen molar-refractivity contribution in [1.82, 2.24) is 9.97 Å². The third-order valence-electron chi connectivity index (χ3n) is 3.07. The molecule has 2 aromatic heterocycles. The Morgan fingerprint density at radius 1 is 1.37 bits per heavy atom. The molecule has 0 aromatic carbocycles. The number of hydrogen-bond acceptors (Lipinski definition) is 6. The summed E-state index contributed by atoms with van der Waals surface area (Å²) in [5, 5.41) is 7.02. The second-order valence-electron chi connectivity index (χ2n) is 4.43. The molecule has 0 saturated carbocycles. The SMILES string of the molecule is NS(=O)(=O)CCSc1ncnc2sc3c(c12)CCC3. The summed E-state index contributed by atoms with van der Waals surface area (Å²) in [5.74, 6) is 0.394. The fourth-order valence-corrected chi connectivity index (χ4v) is 5.50. The quantitative estimate of drug-likeness (QED) is 0.683. The van der Waals surface area contributed by atoms with Crippen LogP contribution in [0.5, 0.6) is 0 Å². The Kier molecular flexibility index (Phi) is 3.50. The average molecular weight is 315 g/mol. The first-order chi connectivity index (χ1) is 9.04. The highest BCUT2D eigenvalue weighted by Crippen LogP contribution is 2.39. The van der Waals surface area contributed by atoms with Gasteiger partial charge in [-0.05, 0) is 24.8 Å². The van der Waals surface area contributed by atoms with Crippen molar-refractivity contribution < 1.29 is 8.42 Å². The van der Waals surface area contributed by atoms with Crippen LogP contribution in [0.2, 0.25) is 0 Å². The molecule has 1 aliphatic rings. The largest absolute Gasteiger partial charge is 0.229 e. The molecule has 0 bridgehead atoms. The van der Waals surface area contributed by atoms with Gasteiger partial charge >= 0.3 is 0 Å². The molecule has 5 nitrogen and oxygen atoms in total. The Hall–Kier alpha value is -0.700. The highest BCUT2D eigenvalue weighted by atomic mass is 32.2. The molecule has 0 spiro atoms. The van der Waals surface area contributed by atoms with Crippen LogP contribution in [0.4, 0.5) is 0 Å². The van der Waals surface area contributed by atoms with Crippen LogP contribution in [0.3, 0.4) is 0 Å². The van der Waals surface area contributed by atoms with Gasteiger partial charge in [-0.1, -0.05) is 0 Å². The lowest BCUT2D eigenvalue weighted by Gasteiger charge is -2.03. The molecular weight excluding hydrogens is 302 g/mol. The number of thiophene rings is 1. The van der Waals surface area contributed by atoms with Crippen LogP contribution >= 0.6 is 23.1 Å². The molecule has 0 fully saturated rings. The Bertz CT molecular complexity index is 724. The Morgan fingerprint density at radius 2 is 2.21 bits per heavy atom. The average Bonchev–Trinajstić information content (AvgIpc) is 2.86. The van der Waals surface area contributed by atoms with Crippen molar-refractivity contribution in [2.45, 2.75) is 24.3 Å². The number of rotatable bonds is 4. The van der Waals surface area contributed by atoms with Crippen LogP contribution in [0.15, 0.2) is 11.4 Å². The Balaban J connectivity index is 1.91. The van der Waals surface area contributed by atoms with Gasteiger partial charge in [0.15, 0.2) is 0 Å². The van der Waals surface area contributed by atoms with Gasteiger partial charge in [0.1, 0.15) is 16.2 Å².